The van der Waals surface area contributed by atoms with Crippen molar-refractivity contribution in [3.05, 3.63) is 54.9 Å². The van der Waals surface area contributed by atoms with E-state index in [0.717, 1.165) is 24.4 Å². The maximum Gasteiger partial charge on any atom is 0.170 e. The molecule has 0 bridgehead atoms. The fourth-order valence-electron chi connectivity index (χ4n) is 1.75. The lowest BCUT2D eigenvalue weighted by Gasteiger charge is -2.10. The molecule has 0 aliphatic carbocycles. The van der Waals surface area contributed by atoms with Crippen LogP contribution in [-0.2, 0) is 0 Å². The molecule has 0 radical (unpaired) electrons. The molecule has 0 atom stereocenters. The Morgan fingerprint density at radius 1 is 1.05 bits per heavy atom. The minimum atomic E-state index is 0.664. The summed E-state index contributed by atoms with van der Waals surface area (Å²) < 4.78 is 0. The molecule has 1 heterocycles. The molecule has 110 valence electrons. The number of aromatic nitrogens is 1. The lowest BCUT2D eigenvalue weighted by Crippen LogP contribution is -2.29. The van der Waals surface area contributed by atoms with E-state index in [4.69, 9.17) is 12.2 Å². The SMILES string of the molecule is S=C(NCCCCSc1ccccc1)Nc1ccncc1. The molecule has 5 heteroatoms. The highest BCUT2D eigenvalue weighted by atomic mass is 32.2. The van der Waals surface area contributed by atoms with Crippen molar-refractivity contribution in [2.24, 2.45) is 0 Å². The first-order chi connectivity index (χ1) is 10.3. The summed E-state index contributed by atoms with van der Waals surface area (Å²) in [4.78, 5) is 5.30. The van der Waals surface area contributed by atoms with E-state index in [0.29, 0.717) is 5.11 Å². The van der Waals surface area contributed by atoms with E-state index in [1.54, 1.807) is 12.4 Å². The molecule has 0 fully saturated rings. The van der Waals surface area contributed by atoms with Crippen LogP contribution in [0.4, 0.5) is 5.69 Å². The van der Waals surface area contributed by atoms with Gasteiger partial charge in [-0.3, -0.25) is 4.98 Å². The Hall–Kier alpha value is -1.59. The van der Waals surface area contributed by atoms with E-state index < -0.39 is 0 Å². The lowest BCUT2D eigenvalue weighted by molar-refractivity contribution is 0.764. The highest BCUT2D eigenvalue weighted by Gasteiger charge is 1.97. The minimum Gasteiger partial charge on any atom is -0.362 e. The van der Waals surface area contributed by atoms with Crippen molar-refractivity contribution in [3.63, 3.8) is 0 Å². The predicted octanol–water partition coefficient (Wildman–Crippen LogP) is 3.94. The Kier molecular flexibility index (Phi) is 7.04. The number of hydrogen-bond acceptors (Lipinski definition) is 3. The van der Waals surface area contributed by atoms with Crippen molar-refractivity contribution < 1.29 is 0 Å². The first-order valence-electron chi connectivity index (χ1n) is 6.97. The number of thiocarbonyl (C=S) groups is 1. The van der Waals surface area contributed by atoms with E-state index in [1.807, 2.05) is 30.0 Å². The van der Waals surface area contributed by atoms with Crippen LogP contribution in [0.1, 0.15) is 12.8 Å². The Labute approximate surface area is 135 Å². The van der Waals surface area contributed by atoms with Gasteiger partial charge in [-0.15, -0.1) is 11.8 Å². The topological polar surface area (TPSA) is 37.0 Å². The second-order valence-corrected chi connectivity index (χ2v) is 6.06. The Morgan fingerprint density at radius 2 is 1.81 bits per heavy atom. The maximum atomic E-state index is 5.24. The van der Waals surface area contributed by atoms with Gasteiger partial charge in [0.1, 0.15) is 0 Å². The van der Waals surface area contributed by atoms with Gasteiger partial charge >= 0.3 is 0 Å². The summed E-state index contributed by atoms with van der Waals surface area (Å²) in [5.74, 6) is 1.14. The first kappa shape index (κ1) is 15.8. The van der Waals surface area contributed by atoms with Gasteiger partial charge in [-0.25, -0.2) is 0 Å². The molecule has 2 rings (SSSR count). The molecule has 0 spiro atoms. The third-order valence-corrected chi connectivity index (χ3v) is 4.15. The predicted molar refractivity (Wildman–Crippen MR) is 94.9 cm³/mol. The molecule has 0 amide bonds. The number of anilines is 1. The van der Waals surface area contributed by atoms with Gasteiger partial charge in [0.15, 0.2) is 5.11 Å². The highest BCUT2D eigenvalue weighted by molar-refractivity contribution is 7.99. The van der Waals surface area contributed by atoms with Crippen LogP contribution < -0.4 is 10.6 Å². The lowest BCUT2D eigenvalue weighted by atomic mass is 10.3. The van der Waals surface area contributed by atoms with Crippen molar-refractivity contribution in [2.45, 2.75) is 17.7 Å². The minimum absolute atomic E-state index is 0.664. The summed E-state index contributed by atoms with van der Waals surface area (Å²) in [7, 11) is 0. The summed E-state index contributed by atoms with van der Waals surface area (Å²) in [6.45, 7) is 0.895. The number of nitrogens with one attached hydrogen (secondary N) is 2. The zero-order valence-corrected chi connectivity index (χ0v) is 13.4. The van der Waals surface area contributed by atoms with Gasteiger partial charge in [0, 0.05) is 29.5 Å². The van der Waals surface area contributed by atoms with E-state index in [-0.39, 0.29) is 0 Å². The smallest absolute Gasteiger partial charge is 0.170 e. The largest absolute Gasteiger partial charge is 0.362 e. The van der Waals surface area contributed by atoms with Gasteiger partial charge in [-0.1, -0.05) is 18.2 Å². The van der Waals surface area contributed by atoms with Gasteiger partial charge in [-0.2, -0.15) is 0 Å². The molecule has 0 saturated heterocycles. The average Bonchev–Trinajstić information content (AvgIpc) is 2.53. The molecule has 21 heavy (non-hydrogen) atoms. The number of nitrogens with zero attached hydrogens (tertiary/aromatic N) is 1. The van der Waals surface area contributed by atoms with E-state index in [9.17, 15) is 0 Å². The van der Waals surface area contributed by atoms with Crippen molar-refractivity contribution in [2.75, 3.05) is 17.6 Å². The number of unbranched alkanes of at least 4 members (excludes halogenated alkanes) is 1. The zero-order chi connectivity index (χ0) is 14.8. The van der Waals surface area contributed by atoms with Gasteiger partial charge in [0.05, 0.1) is 0 Å². The molecule has 0 unspecified atom stereocenters. The van der Waals surface area contributed by atoms with Gasteiger partial charge in [-0.05, 0) is 55.1 Å². The molecule has 0 aliphatic rings. The van der Waals surface area contributed by atoms with Crippen LogP contribution in [0.3, 0.4) is 0 Å². The monoisotopic (exact) mass is 317 g/mol. The molecule has 2 N–H and O–H groups in total. The third kappa shape index (κ3) is 6.60. The molecule has 1 aromatic heterocycles. The number of rotatable bonds is 7. The normalized spacial score (nSPS) is 10.1. The molecule has 0 aliphatic heterocycles. The van der Waals surface area contributed by atoms with Crippen LogP contribution in [0.25, 0.3) is 0 Å². The summed E-state index contributed by atoms with van der Waals surface area (Å²) >= 11 is 7.14. The van der Waals surface area contributed by atoms with Gasteiger partial charge in [0.2, 0.25) is 0 Å². The number of pyridine rings is 1. The van der Waals surface area contributed by atoms with E-state index in [1.165, 1.54) is 11.3 Å². The van der Waals surface area contributed by atoms with Crippen LogP contribution in [-0.4, -0.2) is 22.4 Å². The van der Waals surface area contributed by atoms with Crippen LogP contribution in [0.15, 0.2) is 59.8 Å². The second-order valence-electron chi connectivity index (χ2n) is 4.49. The average molecular weight is 317 g/mol. The number of thioether (sulfide) groups is 1. The molecular weight excluding hydrogens is 298 g/mol. The Morgan fingerprint density at radius 3 is 2.57 bits per heavy atom. The van der Waals surface area contributed by atoms with Crippen molar-refractivity contribution >= 4 is 34.8 Å². The van der Waals surface area contributed by atoms with Crippen molar-refractivity contribution in [3.8, 4) is 0 Å². The standard InChI is InChI=1S/C16H19N3S2/c20-16(19-14-8-11-17-12-9-14)18-10-4-5-13-21-15-6-2-1-3-7-15/h1-3,6-9,11-12H,4-5,10,13H2,(H2,17,18,19,20). The summed E-state index contributed by atoms with van der Waals surface area (Å²) in [5.41, 5.74) is 0.960. The molecule has 2 aromatic rings. The van der Waals surface area contributed by atoms with Crippen LogP contribution in [0.2, 0.25) is 0 Å². The molecule has 1 aromatic carbocycles. The Balaban J connectivity index is 1.52. The third-order valence-electron chi connectivity index (χ3n) is 2.81. The van der Waals surface area contributed by atoms with Crippen molar-refractivity contribution in [1.29, 1.82) is 0 Å². The van der Waals surface area contributed by atoms with E-state index >= 15 is 0 Å². The summed E-state index contributed by atoms with van der Waals surface area (Å²) in [6, 6.07) is 14.3. The fraction of sp³-hybridized carbons (Fsp3) is 0.250. The zero-order valence-electron chi connectivity index (χ0n) is 11.8. The summed E-state index contributed by atoms with van der Waals surface area (Å²) in [6.07, 6.45) is 5.76. The van der Waals surface area contributed by atoms with Crippen LogP contribution in [0, 0.1) is 0 Å². The number of benzene rings is 1. The van der Waals surface area contributed by atoms with E-state index in [2.05, 4.69) is 39.9 Å². The van der Waals surface area contributed by atoms with Gasteiger partial charge in [0.25, 0.3) is 0 Å². The summed E-state index contributed by atoms with van der Waals surface area (Å²) in [5, 5.41) is 7.02. The van der Waals surface area contributed by atoms with Crippen molar-refractivity contribution in [1.82, 2.24) is 10.3 Å². The van der Waals surface area contributed by atoms with Gasteiger partial charge < -0.3 is 10.6 Å². The second kappa shape index (κ2) is 9.37. The van der Waals surface area contributed by atoms with Crippen LogP contribution >= 0.6 is 24.0 Å². The van der Waals surface area contributed by atoms with Crippen LogP contribution in [0.5, 0.6) is 0 Å². The molecule has 0 saturated carbocycles. The Bertz CT molecular complexity index is 532. The fourth-order valence-corrected chi connectivity index (χ4v) is 2.90. The first-order valence-corrected chi connectivity index (χ1v) is 8.37. The number of hydrogen-bond donors (Lipinski definition) is 2. The molecular formula is C16H19N3S2. The quantitative estimate of drug-likeness (QED) is 0.459. The maximum absolute atomic E-state index is 5.24. The molecule has 3 nitrogen and oxygen atoms in total. The highest BCUT2D eigenvalue weighted by Crippen LogP contribution is 2.18.